The molecular formula is C10H11Cl2N5. The van der Waals surface area contributed by atoms with Crippen molar-refractivity contribution in [1.29, 1.82) is 0 Å². The smallest absolute Gasteiger partial charge is 0.176 e. The fourth-order valence-corrected chi connectivity index (χ4v) is 2.25. The summed E-state index contributed by atoms with van der Waals surface area (Å²) in [5.41, 5.74) is 6.76. The Hall–Kier alpha value is -1.17. The summed E-state index contributed by atoms with van der Waals surface area (Å²) in [4.78, 5) is 1.39. The molecule has 0 bridgehead atoms. The molecule has 0 saturated carbocycles. The number of halogens is 2. The average molecular weight is 272 g/mol. The maximum Gasteiger partial charge on any atom is 0.176 e. The Kier molecular flexibility index (Phi) is 3.61. The fraction of sp³-hybridized carbons (Fsp3) is 0.300. The third-order valence-corrected chi connectivity index (χ3v) is 2.98. The average Bonchev–Trinajstić information content (AvgIpc) is 2.63. The zero-order valence-corrected chi connectivity index (χ0v) is 10.7. The highest BCUT2D eigenvalue weighted by Gasteiger charge is 2.16. The molecule has 0 amide bonds. The zero-order valence-electron chi connectivity index (χ0n) is 9.14. The first-order chi connectivity index (χ1) is 8.08. The molecule has 1 aromatic carbocycles. The molecule has 0 radical (unpaired) electrons. The molecule has 2 rings (SSSR count). The highest BCUT2D eigenvalue weighted by Crippen LogP contribution is 2.30. The standard InChI is InChI=1S/C10H11Cl2N5/c1-17-15-9(14-16-17)5-8(13)10-6(11)3-2-4-7(10)12/h2-4,8H,5,13H2,1H3. The Morgan fingerprint density at radius 1 is 1.35 bits per heavy atom. The number of aryl methyl sites for hydroxylation is 1. The quantitative estimate of drug-likeness (QED) is 0.924. The van der Waals surface area contributed by atoms with Crippen molar-refractivity contribution in [3.05, 3.63) is 39.6 Å². The topological polar surface area (TPSA) is 69.6 Å². The summed E-state index contributed by atoms with van der Waals surface area (Å²) < 4.78 is 0. The van der Waals surface area contributed by atoms with Crippen LogP contribution in [-0.2, 0) is 13.5 Å². The highest BCUT2D eigenvalue weighted by atomic mass is 35.5. The van der Waals surface area contributed by atoms with Crippen LogP contribution >= 0.6 is 23.2 Å². The molecule has 7 heteroatoms. The van der Waals surface area contributed by atoms with Gasteiger partial charge in [-0.1, -0.05) is 29.3 Å². The van der Waals surface area contributed by atoms with Gasteiger partial charge in [0.15, 0.2) is 5.82 Å². The molecule has 0 aliphatic carbocycles. The van der Waals surface area contributed by atoms with Gasteiger partial charge >= 0.3 is 0 Å². The number of benzene rings is 1. The minimum Gasteiger partial charge on any atom is -0.323 e. The van der Waals surface area contributed by atoms with Crippen molar-refractivity contribution in [2.24, 2.45) is 12.8 Å². The second-order valence-electron chi connectivity index (χ2n) is 3.64. The predicted molar refractivity (Wildman–Crippen MR) is 65.9 cm³/mol. The molecule has 2 aromatic rings. The van der Waals surface area contributed by atoms with Crippen LogP contribution in [0.5, 0.6) is 0 Å². The normalized spacial score (nSPS) is 12.7. The van der Waals surface area contributed by atoms with E-state index in [0.717, 1.165) is 0 Å². The molecule has 0 spiro atoms. The van der Waals surface area contributed by atoms with Gasteiger partial charge in [0.1, 0.15) is 0 Å². The molecule has 2 N–H and O–H groups in total. The van der Waals surface area contributed by atoms with E-state index in [2.05, 4.69) is 15.4 Å². The van der Waals surface area contributed by atoms with Crippen molar-refractivity contribution in [3.63, 3.8) is 0 Å². The third-order valence-electron chi connectivity index (χ3n) is 2.32. The van der Waals surface area contributed by atoms with Crippen molar-refractivity contribution >= 4 is 23.2 Å². The van der Waals surface area contributed by atoms with Crippen molar-refractivity contribution in [3.8, 4) is 0 Å². The van der Waals surface area contributed by atoms with Crippen LogP contribution in [0.3, 0.4) is 0 Å². The number of rotatable bonds is 3. The molecule has 1 unspecified atom stereocenters. The van der Waals surface area contributed by atoms with E-state index in [1.165, 1.54) is 4.80 Å². The predicted octanol–water partition coefficient (Wildman–Crippen LogP) is 1.76. The molecule has 1 atom stereocenters. The van der Waals surface area contributed by atoms with Gasteiger partial charge in [0, 0.05) is 28.1 Å². The first-order valence-electron chi connectivity index (χ1n) is 5.00. The maximum absolute atomic E-state index is 6.07. The monoisotopic (exact) mass is 271 g/mol. The van der Waals surface area contributed by atoms with Gasteiger partial charge in [0.05, 0.1) is 7.05 Å². The first-order valence-corrected chi connectivity index (χ1v) is 5.76. The largest absolute Gasteiger partial charge is 0.323 e. The van der Waals surface area contributed by atoms with E-state index in [9.17, 15) is 0 Å². The van der Waals surface area contributed by atoms with Crippen LogP contribution in [0.1, 0.15) is 17.4 Å². The minimum absolute atomic E-state index is 0.347. The van der Waals surface area contributed by atoms with Crippen LogP contribution in [0.4, 0.5) is 0 Å². The molecule has 5 nitrogen and oxygen atoms in total. The van der Waals surface area contributed by atoms with Crippen molar-refractivity contribution in [2.45, 2.75) is 12.5 Å². The van der Waals surface area contributed by atoms with Gasteiger partial charge in [-0.3, -0.25) is 0 Å². The van der Waals surface area contributed by atoms with Crippen molar-refractivity contribution in [1.82, 2.24) is 20.2 Å². The number of nitrogens with zero attached hydrogens (tertiary/aromatic N) is 4. The molecule has 90 valence electrons. The minimum atomic E-state index is -0.347. The molecular weight excluding hydrogens is 261 g/mol. The summed E-state index contributed by atoms with van der Waals surface area (Å²) in [6, 6.07) is 4.95. The number of nitrogens with two attached hydrogens (primary N) is 1. The summed E-state index contributed by atoms with van der Waals surface area (Å²) in [6.07, 6.45) is 0.442. The second-order valence-corrected chi connectivity index (χ2v) is 4.46. The Morgan fingerprint density at radius 2 is 2.00 bits per heavy atom. The van der Waals surface area contributed by atoms with Gasteiger partial charge < -0.3 is 5.73 Å². The number of tetrazole rings is 1. The van der Waals surface area contributed by atoms with Gasteiger partial charge in [0.2, 0.25) is 0 Å². The van der Waals surface area contributed by atoms with Gasteiger partial charge in [0.25, 0.3) is 0 Å². The Labute approximate surface area is 109 Å². The summed E-state index contributed by atoms with van der Waals surface area (Å²) in [6.45, 7) is 0. The zero-order chi connectivity index (χ0) is 12.4. The molecule has 0 fully saturated rings. The Balaban J connectivity index is 2.22. The van der Waals surface area contributed by atoms with Gasteiger partial charge in [-0.2, -0.15) is 4.80 Å². The van der Waals surface area contributed by atoms with E-state index in [1.54, 1.807) is 25.2 Å². The van der Waals surface area contributed by atoms with E-state index in [0.29, 0.717) is 27.9 Å². The molecule has 0 aliphatic heterocycles. The van der Waals surface area contributed by atoms with Gasteiger partial charge in [-0.05, 0) is 17.3 Å². The lowest BCUT2D eigenvalue weighted by molar-refractivity contribution is 0.622. The van der Waals surface area contributed by atoms with Crippen LogP contribution in [0.2, 0.25) is 10.0 Å². The van der Waals surface area contributed by atoms with Crippen LogP contribution in [0.25, 0.3) is 0 Å². The molecule has 17 heavy (non-hydrogen) atoms. The Morgan fingerprint density at radius 3 is 2.53 bits per heavy atom. The second kappa shape index (κ2) is 5.00. The van der Waals surface area contributed by atoms with Crippen molar-refractivity contribution in [2.75, 3.05) is 0 Å². The van der Waals surface area contributed by atoms with Crippen LogP contribution in [0.15, 0.2) is 18.2 Å². The number of hydrogen-bond donors (Lipinski definition) is 1. The summed E-state index contributed by atoms with van der Waals surface area (Å²) in [7, 11) is 1.70. The SMILES string of the molecule is Cn1nnc(CC(N)c2c(Cl)cccc2Cl)n1. The van der Waals surface area contributed by atoms with E-state index in [1.807, 2.05) is 0 Å². The third kappa shape index (κ3) is 2.74. The van der Waals surface area contributed by atoms with E-state index < -0.39 is 0 Å². The summed E-state index contributed by atoms with van der Waals surface area (Å²) >= 11 is 12.1. The number of aromatic nitrogens is 4. The first kappa shape index (κ1) is 12.3. The molecule has 1 aromatic heterocycles. The molecule has 1 heterocycles. The summed E-state index contributed by atoms with van der Waals surface area (Å²) in [5.74, 6) is 0.566. The molecule has 0 saturated heterocycles. The van der Waals surface area contributed by atoms with E-state index in [-0.39, 0.29) is 6.04 Å². The Bertz CT molecular complexity index is 505. The van der Waals surface area contributed by atoms with E-state index >= 15 is 0 Å². The lowest BCUT2D eigenvalue weighted by Crippen LogP contribution is -2.15. The van der Waals surface area contributed by atoms with Gasteiger partial charge in [-0.25, -0.2) is 0 Å². The van der Waals surface area contributed by atoms with Crippen molar-refractivity contribution < 1.29 is 0 Å². The highest BCUT2D eigenvalue weighted by molar-refractivity contribution is 6.36. The van der Waals surface area contributed by atoms with E-state index in [4.69, 9.17) is 28.9 Å². The van der Waals surface area contributed by atoms with Crippen LogP contribution in [0, 0.1) is 0 Å². The number of hydrogen-bond acceptors (Lipinski definition) is 4. The lowest BCUT2D eigenvalue weighted by atomic mass is 10.0. The fourth-order valence-electron chi connectivity index (χ4n) is 1.57. The van der Waals surface area contributed by atoms with Crippen LogP contribution in [-0.4, -0.2) is 20.2 Å². The van der Waals surface area contributed by atoms with Crippen LogP contribution < -0.4 is 5.73 Å². The lowest BCUT2D eigenvalue weighted by Gasteiger charge is -2.13. The summed E-state index contributed by atoms with van der Waals surface area (Å²) in [5, 5.41) is 12.8. The molecule has 0 aliphatic rings. The van der Waals surface area contributed by atoms with Gasteiger partial charge in [-0.15, -0.1) is 10.2 Å². The maximum atomic E-state index is 6.07.